The van der Waals surface area contributed by atoms with Gasteiger partial charge in [-0.3, -0.25) is 9.59 Å². The van der Waals surface area contributed by atoms with Gasteiger partial charge in [-0.15, -0.1) is 0 Å². The molecule has 0 fully saturated rings. The normalized spacial score (nSPS) is 14.4. The second-order valence-corrected chi connectivity index (χ2v) is 7.31. The molecule has 0 saturated carbocycles. The monoisotopic (exact) mass is 342 g/mol. The first kappa shape index (κ1) is 19.4. The third-order valence-electron chi connectivity index (χ3n) is 4.98. The number of hydrogen-bond donors (Lipinski definition) is 1. The Morgan fingerprint density at radius 1 is 0.920 bits per heavy atom. The highest BCUT2D eigenvalue weighted by atomic mass is 16.4. The van der Waals surface area contributed by atoms with Crippen molar-refractivity contribution < 1.29 is 14.7 Å². The number of carboxylic acids is 1. The first-order valence-electron chi connectivity index (χ1n) is 9.49. The van der Waals surface area contributed by atoms with Crippen molar-refractivity contribution in [3.05, 3.63) is 46.0 Å². The van der Waals surface area contributed by atoms with Crippen molar-refractivity contribution in [2.45, 2.75) is 78.1 Å². The predicted octanol–water partition coefficient (Wildman–Crippen LogP) is 5.32. The highest BCUT2D eigenvalue weighted by Gasteiger charge is 2.22. The fraction of sp³-hybridized carbons (Fsp3) is 0.545. The minimum atomic E-state index is -0.710. The average Bonchev–Trinajstić information content (AvgIpc) is 2.87. The molecule has 0 aliphatic heterocycles. The van der Waals surface area contributed by atoms with Crippen LogP contribution in [0.2, 0.25) is 0 Å². The van der Waals surface area contributed by atoms with Gasteiger partial charge in [-0.25, -0.2) is 0 Å². The molecule has 0 spiro atoms. The number of carbonyl (C=O) groups is 2. The molecule has 0 amide bonds. The summed E-state index contributed by atoms with van der Waals surface area (Å²) >= 11 is 0. The van der Waals surface area contributed by atoms with Crippen LogP contribution >= 0.6 is 0 Å². The van der Waals surface area contributed by atoms with Gasteiger partial charge in [0.1, 0.15) is 0 Å². The van der Waals surface area contributed by atoms with Gasteiger partial charge in [0.15, 0.2) is 5.78 Å². The molecule has 136 valence electrons. The van der Waals surface area contributed by atoms with Crippen molar-refractivity contribution in [1.82, 2.24) is 0 Å². The van der Waals surface area contributed by atoms with E-state index in [2.05, 4.69) is 32.0 Å². The molecule has 25 heavy (non-hydrogen) atoms. The van der Waals surface area contributed by atoms with Crippen molar-refractivity contribution in [3.63, 3.8) is 0 Å². The standard InChI is InChI=1S/C22H30O3/c1-16-13-17(2)15-18(14-16)9-11-20-19(10-12-21(20)23)7-5-3-4-6-8-22(24)25/h13-15H,3-12H2,1-2H3,(H,24,25). The SMILES string of the molecule is Cc1cc(C)cc(CCC2=C(CCCCCCC(=O)O)CCC2=O)c1. The van der Waals surface area contributed by atoms with Crippen molar-refractivity contribution >= 4 is 11.8 Å². The lowest BCUT2D eigenvalue weighted by molar-refractivity contribution is -0.137. The predicted molar refractivity (Wildman–Crippen MR) is 101 cm³/mol. The zero-order valence-electron chi connectivity index (χ0n) is 15.6. The summed E-state index contributed by atoms with van der Waals surface area (Å²) in [5.41, 5.74) is 6.31. The van der Waals surface area contributed by atoms with Crippen LogP contribution in [0.5, 0.6) is 0 Å². The van der Waals surface area contributed by atoms with Gasteiger partial charge in [0, 0.05) is 12.8 Å². The molecule has 3 heteroatoms. The molecule has 0 bridgehead atoms. The van der Waals surface area contributed by atoms with Gasteiger partial charge in [0.25, 0.3) is 0 Å². The fourth-order valence-electron chi connectivity index (χ4n) is 3.81. The smallest absolute Gasteiger partial charge is 0.303 e. The van der Waals surface area contributed by atoms with Crippen molar-refractivity contribution in [2.24, 2.45) is 0 Å². The van der Waals surface area contributed by atoms with Crippen molar-refractivity contribution in [1.29, 1.82) is 0 Å². The van der Waals surface area contributed by atoms with Crippen LogP contribution < -0.4 is 0 Å². The molecule has 0 atom stereocenters. The van der Waals surface area contributed by atoms with Crippen LogP contribution in [-0.4, -0.2) is 16.9 Å². The number of carboxylic acid groups (broad SMARTS) is 1. The minimum Gasteiger partial charge on any atom is -0.481 e. The van der Waals surface area contributed by atoms with E-state index in [1.165, 1.54) is 22.3 Å². The lowest BCUT2D eigenvalue weighted by atomic mass is 9.96. The highest BCUT2D eigenvalue weighted by Crippen LogP contribution is 2.30. The van der Waals surface area contributed by atoms with E-state index in [4.69, 9.17) is 5.11 Å². The van der Waals surface area contributed by atoms with E-state index in [1.54, 1.807) is 0 Å². The molecular weight excluding hydrogens is 312 g/mol. The van der Waals surface area contributed by atoms with Crippen LogP contribution in [0.1, 0.15) is 74.5 Å². The summed E-state index contributed by atoms with van der Waals surface area (Å²) in [6, 6.07) is 6.61. The summed E-state index contributed by atoms with van der Waals surface area (Å²) in [5, 5.41) is 8.65. The maximum absolute atomic E-state index is 12.2. The molecule has 0 radical (unpaired) electrons. The Hall–Kier alpha value is -1.90. The fourth-order valence-corrected chi connectivity index (χ4v) is 3.81. The Bertz CT molecular complexity index is 635. The minimum absolute atomic E-state index is 0.266. The number of ketones is 1. The van der Waals surface area contributed by atoms with Gasteiger partial charge in [-0.2, -0.15) is 0 Å². The van der Waals surface area contributed by atoms with Crippen molar-refractivity contribution in [3.8, 4) is 0 Å². The third kappa shape index (κ3) is 6.49. The molecule has 1 N–H and O–H groups in total. The van der Waals surface area contributed by atoms with E-state index in [0.29, 0.717) is 12.2 Å². The largest absolute Gasteiger partial charge is 0.481 e. The molecule has 1 aromatic rings. The van der Waals surface area contributed by atoms with E-state index >= 15 is 0 Å². The number of benzene rings is 1. The number of aryl methyl sites for hydroxylation is 3. The number of rotatable bonds is 10. The maximum Gasteiger partial charge on any atom is 0.303 e. The summed E-state index contributed by atoms with van der Waals surface area (Å²) in [6.45, 7) is 4.23. The molecular formula is C22H30O3. The quantitative estimate of drug-likeness (QED) is 0.585. The van der Waals surface area contributed by atoms with E-state index in [0.717, 1.165) is 56.9 Å². The number of aliphatic carboxylic acids is 1. The third-order valence-corrected chi connectivity index (χ3v) is 4.98. The van der Waals surface area contributed by atoms with Gasteiger partial charge >= 0.3 is 5.97 Å². The number of allylic oxidation sites excluding steroid dienone is 2. The second kappa shape index (κ2) is 9.55. The Labute approximate surface area is 151 Å². The summed E-state index contributed by atoms with van der Waals surface area (Å²) in [6.07, 6.45) is 8.50. The van der Waals surface area contributed by atoms with Gasteiger partial charge in [0.2, 0.25) is 0 Å². The van der Waals surface area contributed by atoms with Gasteiger partial charge < -0.3 is 5.11 Å². The first-order chi connectivity index (χ1) is 12.0. The number of unbranched alkanes of at least 4 members (excludes halogenated alkanes) is 3. The van der Waals surface area contributed by atoms with E-state index < -0.39 is 5.97 Å². The molecule has 1 aromatic carbocycles. The van der Waals surface area contributed by atoms with Crippen LogP contribution in [0.15, 0.2) is 29.3 Å². The molecule has 1 aliphatic carbocycles. The molecule has 0 heterocycles. The zero-order valence-corrected chi connectivity index (χ0v) is 15.6. The summed E-state index contributed by atoms with van der Waals surface area (Å²) in [4.78, 5) is 22.7. The van der Waals surface area contributed by atoms with E-state index in [9.17, 15) is 9.59 Å². The average molecular weight is 342 g/mol. The lowest BCUT2D eigenvalue weighted by Crippen LogP contribution is -2.00. The summed E-state index contributed by atoms with van der Waals surface area (Å²) in [5.74, 6) is -0.372. The van der Waals surface area contributed by atoms with Crippen LogP contribution in [-0.2, 0) is 16.0 Å². The number of hydrogen-bond acceptors (Lipinski definition) is 2. The topological polar surface area (TPSA) is 54.4 Å². The lowest BCUT2D eigenvalue weighted by Gasteiger charge is -2.08. The summed E-state index contributed by atoms with van der Waals surface area (Å²) in [7, 11) is 0. The molecule has 1 aliphatic rings. The van der Waals surface area contributed by atoms with Gasteiger partial charge in [0.05, 0.1) is 0 Å². The molecule has 0 aromatic heterocycles. The first-order valence-corrected chi connectivity index (χ1v) is 9.49. The highest BCUT2D eigenvalue weighted by molar-refractivity contribution is 5.98. The zero-order chi connectivity index (χ0) is 18.2. The van der Waals surface area contributed by atoms with Gasteiger partial charge in [-0.05, 0) is 63.5 Å². The van der Waals surface area contributed by atoms with Gasteiger partial charge in [-0.1, -0.05) is 47.7 Å². The molecule has 2 rings (SSSR count). The Morgan fingerprint density at radius 2 is 1.60 bits per heavy atom. The number of Topliss-reactive ketones (excluding diaryl/α,β-unsaturated/α-hetero) is 1. The maximum atomic E-state index is 12.2. The number of carbonyl (C=O) groups excluding carboxylic acids is 1. The van der Waals surface area contributed by atoms with E-state index in [1.807, 2.05) is 0 Å². The van der Waals surface area contributed by atoms with Crippen LogP contribution in [0.25, 0.3) is 0 Å². The van der Waals surface area contributed by atoms with Crippen LogP contribution in [0, 0.1) is 13.8 Å². The Kier molecular flexibility index (Phi) is 7.42. The Balaban J connectivity index is 1.84. The van der Waals surface area contributed by atoms with E-state index in [-0.39, 0.29) is 6.42 Å². The summed E-state index contributed by atoms with van der Waals surface area (Å²) < 4.78 is 0. The molecule has 0 unspecified atom stereocenters. The molecule has 0 saturated heterocycles. The molecule has 3 nitrogen and oxygen atoms in total. The van der Waals surface area contributed by atoms with Crippen molar-refractivity contribution in [2.75, 3.05) is 0 Å². The van der Waals surface area contributed by atoms with Crippen LogP contribution in [0.3, 0.4) is 0 Å². The Morgan fingerprint density at radius 3 is 2.28 bits per heavy atom. The van der Waals surface area contributed by atoms with Crippen LogP contribution in [0.4, 0.5) is 0 Å². The second-order valence-electron chi connectivity index (χ2n) is 7.31.